The third-order valence-electron chi connectivity index (χ3n) is 6.18. The molecule has 9 nitrogen and oxygen atoms in total. The molecule has 2 saturated heterocycles. The first kappa shape index (κ1) is 24.3. The van der Waals surface area contributed by atoms with Crippen LogP contribution in [0.15, 0.2) is 42.5 Å². The van der Waals surface area contributed by atoms with Crippen LogP contribution in [-0.4, -0.2) is 67.1 Å². The second kappa shape index (κ2) is 9.80. The Balaban J connectivity index is 1.43. The highest BCUT2D eigenvalue weighted by Crippen LogP contribution is 2.29. The second-order valence-electron chi connectivity index (χ2n) is 8.43. The monoisotopic (exact) mass is 491 g/mol. The Morgan fingerprint density at radius 1 is 0.886 bits per heavy atom. The van der Waals surface area contributed by atoms with Crippen LogP contribution in [0.3, 0.4) is 0 Å². The normalized spacial score (nSPS) is 16.4. The van der Waals surface area contributed by atoms with Crippen LogP contribution in [-0.2, 0) is 4.79 Å². The summed E-state index contributed by atoms with van der Waals surface area (Å²) >= 11 is 0. The lowest BCUT2D eigenvalue weighted by atomic mass is 10.1. The van der Waals surface area contributed by atoms with Gasteiger partial charge in [-0.05, 0) is 43.2 Å². The molecule has 2 aromatic rings. The standard InChI is InChI=1S/C23H24F3N5O4/c24-23(25,26)22(33)30-13-11-28(12-14-30)17-5-3-16(4-6-17)27-21(32)19-15-18(31(34)35)7-8-20(19)29-9-1-2-10-29/h3-8,15H,1-2,9-14H2,(H,27,32). The van der Waals surface area contributed by atoms with E-state index < -0.39 is 22.9 Å². The summed E-state index contributed by atoms with van der Waals surface area (Å²) in [6.45, 7) is 1.97. The molecule has 2 aliphatic rings. The first-order valence-electron chi connectivity index (χ1n) is 11.2. The number of nitro groups is 1. The molecule has 186 valence electrons. The lowest BCUT2D eigenvalue weighted by Gasteiger charge is -2.36. The molecule has 35 heavy (non-hydrogen) atoms. The Kier molecular flexibility index (Phi) is 6.81. The van der Waals surface area contributed by atoms with Crippen molar-refractivity contribution in [2.24, 2.45) is 0 Å². The fourth-order valence-electron chi connectivity index (χ4n) is 4.35. The van der Waals surface area contributed by atoms with Crippen molar-refractivity contribution in [3.8, 4) is 0 Å². The topological polar surface area (TPSA) is 99.0 Å². The van der Waals surface area contributed by atoms with Crippen molar-refractivity contribution in [2.75, 3.05) is 54.4 Å². The van der Waals surface area contributed by atoms with E-state index in [4.69, 9.17) is 0 Å². The van der Waals surface area contributed by atoms with Crippen molar-refractivity contribution in [1.29, 1.82) is 0 Å². The van der Waals surface area contributed by atoms with Crippen LogP contribution in [0, 0.1) is 10.1 Å². The lowest BCUT2D eigenvalue weighted by molar-refractivity contribution is -0.384. The average Bonchev–Trinajstić information content (AvgIpc) is 3.38. The molecular formula is C23H24F3N5O4. The molecule has 0 spiro atoms. The smallest absolute Gasteiger partial charge is 0.371 e. The van der Waals surface area contributed by atoms with Gasteiger partial charge in [0.25, 0.3) is 11.6 Å². The van der Waals surface area contributed by atoms with Crippen LogP contribution in [0.25, 0.3) is 0 Å². The quantitative estimate of drug-likeness (QED) is 0.506. The Morgan fingerprint density at radius 3 is 2.09 bits per heavy atom. The molecule has 0 atom stereocenters. The van der Waals surface area contributed by atoms with Crippen LogP contribution in [0.2, 0.25) is 0 Å². The van der Waals surface area contributed by atoms with Gasteiger partial charge in [0, 0.05) is 62.8 Å². The molecule has 2 fully saturated rings. The molecule has 0 bridgehead atoms. The third kappa shape index (κ3) is 5.47. The summed E-state index contributed by atoms with van der Waals surface area (Å²) in [4.78, 5) is 39.8. The van der Waals surface area contributed by atoms with Gasteiger partial charge < -0.3 is 20.0 Å². The van der Waals surface area contributed by atoms with Gasteiger partial charge in [-0.3, -0.25) is 19.7 Å². The minimum atomic E-state index is -4.88. The first-order valence-corrected chi connectivity index (χ1v) is 11.2. The number of hydrogen-bond donors (Lipinski definition) is 1. The van der Waals surface area contributed by atoms with Crippen molar-refractivity contribution in [1.82, 2.24) is 4.90 Å². The van der Waals surface area contributed by atoms with Crippen molar-refractivity contribution in [3.05, 3.63) is 58.1 Å². The number of piperazine rings is 1. The highest BCUT2D eigenvalue weighted by atomic mass is 19.4. The fourth-order valence-corrected chi connectivity index (χ4v) is 4.35. The predicted molar refractivity (Wildman–Crippen MR) is 124 cm³/mol. The van der Waals surface area contributed by atoms with E-state index in [-0.39, 0.29) is 37.4 Å². The number of halogens is 3. The summed E-state index contributed by atoms with van der Waals surface area (Å²) in [5.74, 6) is -2.30. The van der Waals surface area contributed by atoms with Gasteiger partial charge in [-0.25, -0.2) is 0 Å². The number of carbonyl (C=O) groups is 2. The van der Waals surface area contributed by atoms with Crippen LogP contribution in [0.4, 0.5) is 35.9 Å². The van der Waals surface area contributed by atoms with E-state index in [1.165, 1.54) is 12.1 Å². The zero-order valence-corrected chi connectivity index (χ0v) is 18.8. The summed E-state index contributed by atoms with van der Waals surface area (Å²) in [6, 6.07) is 11.0. The van der Waals surface area contributed by atoms with Gasteiger partial charge in [-0.2, -0.15) is 13.2 Å². The van der Waals surface area contributed by atoms with Crippen molar-refractivity contribution < 1.29 is 27.7 Å². The number of amides is 2. The van der Waals surface area contributed by atoms with E-state index in [1.807, 2.05) is 9.80 Å². The number of anilines is 3. The van der Waals surface area contributed by atoms with E-state index in [0.29, 0.717) is 11.4 Å². The molecule has 0 aliphatic carbocycles. The van der Waals surface area contributed by atoms with Crippen LogP contribution >= 0.6 is 0 Å². The molecule has 12 heteroatoms. The molecule has 0 radical (unpaired) electrons. The number of nitrogens with zero attached hydrogens (tertiary/aromatic N) is 4. The first-order chi connectivity index (χ1) is 16.6. The summed E-state index contributed by atoms with van der Waals surface area (Å²) < 4.78 is 37.9. The largest absolute Gasteiger partial charge is 0.471 e. The molecular weight excluding hydrogens is 467 g/mol. The molecule has 1 N–H and O–H groups in total. The van der Waals surface area contributed by atoms with Crippen molar-refractivity contribution in [3.63, 3.8) is 0 Å². The third-order valence-corrected chi connectivity index (χ3v) is 6.18. The van der Waals surface area contributed by atoms with Gasteiger partial charge in [-0.15, -0.1) is 0 Å². The van der Waals surface area contributed by atoms with E-state index in [2.05, 4.69) is 5.32 Å². The summed E-state index contributed by atoms with van der Waals surface area (Å²) in [5, 5.41) is 14.0. The van der Waals surface area contributed by atoms with Gasteiger partial charge in [0.2, 0.25) is 0 Å². The van der Waals surface area contributed by atoms with Crippen LogP contribution < -0.4 is 15.1 Å². The van der Waals surface area contributed by atoms with Crippen molar-refractivity contribution in [2.45, 2.75) is 19.0 Å². The fraction of sp³-hybridized carbons (Fsp3) is 0.391. The highest BCUT2D eigenvalue weighted by Gasteiger charge is 2.43. The maximum Gasteiger partial charge on any atom is 0.471 e. The second-order valence-corrected chi connectivity index (χ2v) is 8.43. The molecule has 2 heterocycles. The average molecular weight is 491 g/mol. The van der Waals surface area contributed by atoms with Gasteiger partial charge in [0.15, 0.2) is 0 Å². The zero-order chi connectivity index (χ0) is 25.2. The molecule has 2 aliphatic heterocycles. The number of rotatable bonds is 5. The van der Waals surface area contributed by atoms with Gasteiger partial charge in [0.05, 0.1) is 16.2 Å². The van der Waals surface area contributed by atoms with Crippen molar-refractivity contribution >= 4 is 34.6 Å². The number of hydrogen-bond acceptors (Lipinski definition) is 6. The van der Waals surface area contributed by atoms with Crippen LogP contribution in [0.1, 0.15) is 23.2 Å². The number of carbonyl (C=O) groups excluding carboxylic acids is 2. The van der Waals surface area contributed by atoms with E-state index in [0.717, 1.165) is 36.5 Å². The number of nitro benzene ring substituents is 1. The number of alkyl halides is 3. The van der Waals surface area contributed by atoms with Gasteiger partial charge >= 0.3 is 12.1 Å². The Morgan fingerprint density at radius 2 is 1.51 bits per heavy atom. The molecule has 2 aromatic carbocycles. The minimum Gasteiger partial charge on any atom is -0.371 e. The number of benzene rings is 2. The molecule has 2 amide bonds. The zero-order valence-electron chi connectivity index (χ0n) is 18.8. The van der Waals surface area contributed by atoms with Gasteiger partial charge in [-0.1, -0.05) is 0 Å². The highest BCUT2D eigenvalue weighted by molar-refractivity contribution is 6.08. The Hall–Kier alpha value is -3.83. The van der Waals surface area contributed by atoms with Crippen LogP contribution in [0.5, 0.6) is 0 Å². The maximum atomic E-state index is 13.0. The number of nitrogens with one attached hydrogen (secondary N) is 1. The summed E-state index contributed by atoms with van der Waals surface area (Å²) in [5.41, 5.74) is 1.92. The predicted octanol–water partition coefficient (Wildman–Crippen LogP) is 3.66. The minimum absolute atomic E-state index is 0.0388. The maximum absolute atomic E-state index is 13.0. The van der Waals surface area contributed by atoms with E-state index in [9.17, 15) is 32.9 Å². The summed E-state index contributed by atoms with van der Waals surface area (Å²) in [7, 11) is 0. The number of non-ortho nitro benzene ring substituents is 1. The summed E-state index contributed by atoms with van der Waals surface area (Å²) in [6.07, 6.45) is -2.91. The molecule has 0 aromatic heterocycles. The van der Waals surface area contributed by atoms with E-state index in [1.54, 1.807) is 30.3 Å². The molecule has 0 unspecified atom stereocenters. The SMILES string of the molecule is O=C(Nc1ccc(N2CCN(C(=O)C(F)(F)F)CC2)cc1)c1cc([N+](=O)[O-])ccc1N1CCCC1. The Labute approximate surface area is 199 Å². The lowest BCUT2D eigenvalue weighted by Crippen LogP contribution is -2.52. The molecule has 4 rings (SSSR count). The molecule has 0 saturated carbocycles. The van der Waals surface area contributed by atoms with E-state index >= 15 is 0 Å². The van der Waals surface area contributed by atoms with Gasteiger partial charge in [0.1, 0.15) is 0 Å². The Bertz CT molecular complexity index is 1110.